The van der Waals surface area contributed by atoms with Crippen LogP contribution in [0.2, 0.25) is 0 Å². The first-order valence-corrected chi connectivity index (χ1v) is 7.79. The zero-order chi connectivity index (χ0) is 16.5. The Morgan fingerprint density at radius 2 is 2.00 bits per heavy atom. The molecule has 1 aromatic rings. The van der Waals surface area contributed by atoms with Crippen LogP contribution in [0.15, 0.2) is 35.8 Å². The highest BCUT2D eigenvalue weighted by Crippen LogP contribution is 2.20. The number of hydrogen-bond acceptors (Lipinski definition) is 2. The molecule has 0 atom stereocenters. The summed E-state index contributed by atoms with van der Waals surface area (Å²) in [6.07, 6.45) is 4.08. The molecule has 0 radical (unpaired) electrons. The number of nitrogens with zero attached hydrogens (tertiary/aromatic N) is 3. The van der Waals surface area contributed by atoms with E-state index < -0.39 is 0 Å². The number of guanidine groups is 1. The van der Waals surface area contributed by atoms with Gasteiger partial charge in [-0.05, 0) is 37.0 Å². The predicted molar refractivity (Wildman–Crippen MR) is 113 cm³/mol. The Morgan fingerprint density at radius 1 is 1.30 bits per heavy atom. The molecule has 1 rings (SSSR count). The van der Waals surface area contributed by atoms with E-state index in [1.165, 1.54) is 16.8 Å². The molecule has 0 bridgehead atoms. The van der Waals surface area contributed by atoms with Crippen molar-refractivity contribution in [2.45, 2.75) is 26.3 Å². The van der Waals surface area contributed by atoms with Crippen LogP contribution in [0.25, 0.3) is 0 Å². The van der Waals surface area contributed by atoms with Crippen molar-refractivity contribution >= 4 is 35.6 Å². The Hall–Kier alpha value is -1.24. The third kappa shape index (κ3) is 7.24. The average molecular weight is 430 g/mol. The fourth-order valence-corrected chi connectivity index (χ4v) is 2.38. The fourth-order valence-electron chi connectivity index (χ4n) is 2.38. The largest absolute Gasteiger partial charge is 0.377 e. The van der Waals surface area contributed by atoms with Crippen LogP contribution >= 0.6 is 24.0 Å². The molecule has 23 heavy (non-hydrogen) atoms. The first-order chi connectivity index (χ1) is 10.5. The highest BCUT2D eigenvalue weighted by Gasteiger charge is 2.08. The summed E-state index contributed by atoms with van der Waals surface area (Å²) in [4.78, 5) is 8.68. The summed E-state index contributed by atoms with van der Waals surface area (Å²) in [5.41, 5.74) is 3.80. The van der Waals surface area contributed by atoms with Crippen molar-refractivity contribution in [1.29, 1.82) is 0 Å². The lowest BCUT2D eigenvalue weighted by Gasteiger charge is -2.23. The molecule has 0 aromatic heterocycles. The number of anilines is 1. The smallest absolute Gasteiger partial charge is 0.193 e. The summed E-state index contributed by atoms with van der Waals surface area (Å²) in [6, 6.07) is 6.55. The Balaban J connectivity index is 0.00000484. The van der Waals surface area contributed by atoms with Crippen LogP contribution in [0.5, 0.6) is 0 Å². The summed E-state index contributed by atoms with van der Waals surface area (Å²) in [5, 5.41) is 3.45. The number of unbranched alkanes of at least 4 members (excludes halogenated alkanes) is 1. The summed E-state index contributed by atoms with van der Waals surface area (Å²) < 4.78 is 0. The molecule has 0 fully saturated rings. The van der Waals surface area contributed by atoms with Gasteiger partial charge < -0.3 is 15.1 Å². The topological polar surface area (TPSA) is 30.9 Å². The number of aryl methyl sites for hydroxylation is 1. The van der Waals surface area contributed by atoms with Crippen LogP contribution in [0.3, 0.4) is 0 Å². The molecule has 0 saturated heterocycles. The van der Waals surface area contributed by atoms with E-state index in [-0.39, 0.29) is 24.0 Å². The predicted octanol–water partition coefficient (Wildman–Crippen LogP) is 3.65. The molecule has 0 saturated carbocycles. The summed E-state index contributed by atoms with van der Waals surface area (Å²) >= 11 is 0. The van der Waals surface area contributed by atoms with E-state index in [2.05, 4.69) is 73.0 Å². The molecule has 5 heteroatoms. The van der Waals surface area contributed by atoms with E-state index in [1.807, 2.05) is 13.1 Å². The minimum absolute atomic E-state index is 0. The number of benzene rings is 1. The lowest BCUT2D eigenvalue weighted by atomic mass is 10.1. The standard InChI is InChI=1S/C18H30N4.HI/c1-7-8-9-12-22(6)18(19-3)20-14-16-11-10-15(2)13-17(16)21(4)5;/h7,10-11,13H,1,8-9,12,14H2,2-6H3,(H,19,20);1H. The highest BCUT2D eigenvalue weighted by molar-refractivity contribution is 14.0. The first kappa shape index (κ1) is 21.8. The van der Waals surface area contributed by atoms with Gasteiger partial charge in [0, 0.05) is 47.0 Å². The van der Waals surface area contributed by atoms with Gasteiger partial charge in [-0.1, -0.05) is 18.2 Å². The van der Waals surface area contributed by atoms with Gasteiger partial charge in [0.1, 0.15) is 0 Å². The lowest BCUT2D eigenvalue weighted by molar-refractivity contribution is 0.470. The van der Waals surface area contributed by atoms with Gasteiger partial charge in [-0.3, -0.25) is 4.99 Å². The van der Waals surface area contributed by atoms with E-state index in [9.17, 15) is 0 Å². The zero-order valence-corrected chi connectivity index (χ0v) is 17.4. The van der Waals surface area contributed by atoms with E-state index in [0.717, 1.165) is 31.9 Å². The molecule has 4 nitrogen and oxygen atoms in total. The molecule has 0 unspecified atom stereocenters. The number of allylic oxidation sites excluding steroid dienone is 1. The summed E-state index contributed by atoms with van der Waals surface area (Å²) in [7, 11) is 8.05. The zero-order valence-electron chi connectivity index (χ0n) is 15.1. The number of nitrogens with one attached hydrogen (secondary N) is 1. The molecular formula is C18H31IN4. The lowest BCUT2D eigenvalue weighted by Crippen LogP contribution is -2.39. The molecule has 0 spiro atoms. The normalized spacial score (nSPS) is 10.7. The average Bonchev–Trinajstić information content (AvgIpc) is 2.49. The van der Waals surface area contributed by atoms with Gasteiger partial charge in [0.2, 0.25) is 0 Å². The molecule has 0 aliphatic heterocycles. The van der Waals surface area contributed by atoms with Gasteiger partial charge in [0.15, 0.2) is 5.96 Å². The molecule has 1 N–H and O–H groups in total. The van der Waals surface area contributed by atoms with E-state index in [1.54, 1.807) is 0 Å². The highest BCUT2D eigenvalue weighted by atomic mass is 127. The van der Waals surface area contributed by atoms with Crippen LogP contribution in [0.1, 0.15) is 24.0 Å². The maximum atomic E-state index is 4.37. The second kappa shape index (κ2) is 11.3. The number of rotatable bonds is 7. The first-order valence-electron chi connectivity index (χ1n) is 7.79. The maximum Gasteiger partial charge on any atom is 0.193 e. The molecule has 0 aliphatic carbocycles. The van der Waals surface area contributed by atoms with Gasteiger partial charge >= 0.3 is 0 Å². The maximum absolute atomic E-state index is 4.37. The molecule has 130 valence electrons. The van der Waals surface area contributed by atoms with E-state index in [4.69, 9.17) is 0 Å². The number of aliphatic imine (C=N–C) groups is 1. The Morgan fingerprint density at radius 3 is 2.57 bits per heavy atom. The fraction of sp³-hybridized carbons (Fsp3) is 0.500. The van der Waals surface area contributed by atoms with Crippen molar-refractivity contribution < 1.29 is 0 Å². The van der Waals surface area contributed by atoms with Gasteiger partial charge in [-0.15, -0.1) is 30.6 Å². The quantitative estimate of drug-likeness (QED) is 0.236. The Bertz CT molecular complexity index is 512. The van der Waals surface area contributed by atoms with Crippen LogP contribution in [-0.2, 0) is 6.54 Å². The van der Waals surface area contributed by atoms with Crippen molar-refractivity contribution in [3.63, 3.8) is 0 Å². The third-order valence-electron chi connectivity index (χ3n) is 3.63. The second-order valence-corrected chi connectivity index (χ2v) is 5.78. The van der Waals surface area contributed by atoms with Crippen molar-refractivity contribution in [1.82, 2.24) is 10.2 Å². The molecule has 1 aromatic carbocycles. The molecule has 0 heterocycles. The molecule has 0 amide bonds. The summed E-state index contributed by atoms with van der Waals surface area (Å²) in [6.45, 7) is 7.63. The van der Waals surface area contributed by atoms with Gasteiger partial charge in [0.05, 0.1) is 0 Å². The SMILES string of the molecule is C=CCCCN(C)C(=NC)NCc1ccc(C)cc1N(C)C.I. The van der Waals surface area contributed by atoms with Crippen molar-refractivity contribution in [3.05, 3.63) is 42.0 Å². The molecule has 0 aliphatic rings. The van der Waals surface area contributed by atoms with Crippen LogP contribution in [-0.4, -0.2) is 45.6 Å². The minimum Gasteiger partial charge on any atom is -0.377 e. The van der Waals surface area contributed by atoms with Gasteiger partial charge in [-0.25, -0.2) is 0 Å². The molecular weight excluding hydrogens is 399 g/mol. The van der Waals surface area contributed by atoms with Crippen LogP contribution in [0.4, 0.5) is 5.69 Å². The van der Waals surface area contributed by atoms with Crippen molar-refractivity contribution in [3.8, 4) is 0 Å². The number of hydrogen-bond donors (Lipinski definition) is 1. The van der Waals surface area contributed by atoms with Crippen molar-refractivity contribution in [2.24, 2.45) is 4.99 Å². The minimum atomic E-state index is 0. The van der Waals surface area contributed by atoms with Gasteiger partial charge in [-0.2, -0.15) is 0 Å². The van der Waals surface area contributed by atoms with Gasteiger partial charge in [0.25, 0.3) is 0 Å². The Labute approximate surface area is 158 Å². The second-order valence-electron chi connectivity index (χ2n) is 5.78. The van der Waals surface area contributed by atoms with E-state index in [0.29, 0.717) is 0 Å². The van der Waals surface area contributed by atoms with Crippen molar-refractivity contribution in [2.75, 3.05) is 39.6 Å². The Kier molecular flexibility index (Phi) is 10.7. The number of halogens is 1. The third-order valence-corrected chi connectivity index (χ3v) is 3.63. The monoisotopic (exact) mass is 430 g/mol. The van der Waals surface area contributed by atoms with Crippen LogP contribution < -0.4 is 10.2 Å². The van der Waals surface area contributed by atoms with E-state index >= 15 is 0 Å². The summed E-state index contributed by atoms with van der Waals surface area (Å²) in [5.74, 6) is 0.925. The van der Waals surface area contributed by atoms with Crippen LogP contribution in [0, 0.1) is 6.92 Å².